The predicted molar refractivity (Wildman–Crippen MR) is 55.4 cm³/mol. The normalized spacial score (nSPS) is 12.7. The molecule has 0 amide bonds. The molecule has 0 saturated heterocycles. The Bertz CT molecular complexity index is 150. The topological polar surface area (TPSA) is 58.6 Å². The summed E-state index contributed by atoms with van der Waals surface area (Å²) in [5.41, 5.74) is 0. The van der Waals surface area contributed by atoms with Gasteiger partial charge in [-0.3, -0.25) is 4.79 Å². The van der Waals surface area contributed by atoms with Gasteiger partial charge in [-0.1, -0.05) is 13.3 Å². The molecule has 0 aliphatic rings. The summed E-state index contributed by atoms with van der Waals surface area (Å²) in [6.07, 6.45) is 3.52. The van der Waals surface area contributed by atoms with Crippen molar-refractivity contribution in [3.05, 3.63) is 0 Å². The summed E-state index contributed by atoms with van der Waals surface area (Å²) in [7, 11) is 1.67. The van der Waals surface area contributed by atoms with Crippen molar-refractivity contribution in [1.82, 2.24) is 5.32 Å². The van der Waals surface area contributed by atoms with E-state index in [1.54, 1.807) is 7.11 Å². The van der Waals surface area contributed by atoms with Gasteiger partial charge in [-0.25, -0.2) is 0 Å². The first-order valence-electron chi connectivity index (χ1n) is 5.17. The first-order chi connectivity index (χ1) is 6.72. The van der Waals surface area contributed by atoms with Crippen LogP contribution < -0.4 is 5.32 Å². The Morgan fingerprint density at radius 3 is 2.71 bits per heavy atom. The minimum absolute atomic E-state index is 0.387. The number of carbonyl (C=O) groups is 1. The molecule has 0 aromatic rings. The molecule has 4 nitrogen and oxygen atoms in total. The molecular weight excluding hydrogens is 182 g/mol. The van der Waals surface area contributed by atoms with E-state index in [0.717, 1.165) is 32.4 Å². The number of ether oxygens (including phenoxy) is 1. The SMILES string of the molecule is CCCC(NCCCCOC)C(=O)O. The minimum Gasteiger partial charge on any atom is -0.480 e. The van der Waals surface area contributed by atoms with Crippen LogP contribution in [0.5, 0.6) is 0 Å². The van der Waals surface area contributed by atoms with Gasteiger partial charge in [-0.15, -0.1) is 0 Å². The molecule has 0 aromatic heterocycles. The molecule has 0 bridgehead atoms. The Labute approximate surface area is 85.6 Å². The number of nitrogens with one attached hydrogen (secondary N) is 1. The van der Waals surface area contributed by atoms with Gasteiger partial charge in [0, 0.05) is 13.7 Å². The fourth-order valence-corrected chi connectivity index (χ4v) is 1.25. The average molecular weight is 203 g/mol. The molecule has 0 radical (unpaired) electrons. The van der Waals surface area contributed by atoms with Crippen molar-refractivity contribution >= 4 is 5.97 Å². The van der Waals surface area contributed by atoms with Gasteiger partial charge >= 0.3 is 5.97 Å². The molecule has 1 unspecified atom stereocenters. The van der Waals surface area contributed by atoms with Gasteiger partial charge in [-0.05, 0) is 25.8 Å². The van der Waals surface area contributed by atoms with Crippen molar-refractivity contribution < 1.29 is 14.6 Å². The van der Waals surface area contributed by atoms with Crippen LogP contribution in [0.25, 0.3) is 0 Å². The Hall–Kier alpha value is -0.610. The van der Waals surface area contributed by atoms with E-state index in [9.17, 15) is 4.79 Å². The summed E-state index contributed by atoms with van der Waals surface area (Å²) in [6.45, 7) is 3.48. The minimum atomic E-state index is -0.751. The highest BCUT2D eigenvalue weighted by atomic mass is 16.5. The van der Waals surface area contributed by atoms with E-state index in [1.165, 1.54) is 0 Å². The van der Waals surface area contributed by atoms with Crippen molar-refractivity contribution in [2.45, 2.75) is 38.6 Å². The van der Waals surface area contributed by atoms with Crippen molar-refractivity contribution in [2.24, 2.45) is 0 Å². The van der Waals surface area contributed by atoms with Gasteiger partial charge < -0.3 is 15.2 Å². The zero-order valence-electron chi connectivity index (χ0n) is 9.08. The summed E-state index contributed by atoms with van der Waals surface area (Å²) in [5, 5.41) is 11.8. The second kappa shape index (κ2) is 8.97. The van der Waals surface area contributed by atoms with Crippen molar-refractivity contribution in [3.8, 4) is 0 Å². The van der Waals surface area contributed by atoms with Gasteiger partial charge in [0.05, 0.1) is 0 Å². The van der Waals surface area contributed by atoms with Crippen LogP contribution in [0, 0.1) is 0 Å². The molecule has 0 aliphatic carbocycles. The molecule has 0 aromatic carbocycles. The Kier molecular flexibility index (Phi) is 8.57. The Morgan fingerprint density at radius 2 is 2.21 bits per heavy atom. The van der Waals surface area contributed by atoms with Crippen LogP contribution in [0.2, 0.25) is 0 Å². The molecule has 0 heterocycles. The lowest BCUT2D eigenvalue weighted by molar-refractivity contribution is -0.139. The van der Waals surface area contributed by atoms with Crippen molar-refractivity contribution in [2.75, 3.05) is 20.3 Å². The van der Waals surface area contributed by atoms with Crippen LogP contribution >= 0.6 is 0 Å². The van der Waals surface area contributed by atoms with E-state index in [4.69, 9.17) is 9.84 Å². The monoisotopic (exact) mass is 203 g/mol. The molecule has 0 fully saturated rings. The Morgan fingerprint density at radius 1 is 1.50 bits per heavy atom. The van der Waals surface area contributed by atoms with E-state index in [2.05, 4.69) is 5.32 Å². The number of rotatable bonds is 9. The summed E-state index contributed by atoms with van der Waals surface area (Å²) in [6, 6.07) is -0.387. The predicted octanol–water partition coefficient (Wildman–Crippen LogP) is 1.26. The Balaban J connectivity index is 3.46. The highest BCUT2D eigenvalue weighted by Gasteiger charge is 2.14. The van der Waals surface area contributed by atoms with Gasteiger partial charge in [0.25, 0.3) is 0 Å². The first kappa shape index (κ1) is 13.4. The zero-order chi connectivity index (χ0) is 10.8. The maximum atomic E-state index is 10.7. The largest absolute Gasteiger partial charge is 0.480 e. The summed E-state index contributed by atoms with van der Waals surface area (Å²) >= 11 is 0. The standard InChI is InChI=1S/C10H21NO3/c1-3-6-9(10(12)13)11-7-4-5-8-14-2/h9,11H,3-8H2,1-2H3,(H,12,13). The number of hydrogen-bond donors (Lipinski definition) is 2. The smallest absolute Gasteiger partial charge is 0.320 e. The molecule has 0 aliphatic heterocycles. The molecule has 0 saturated carbocycles. The zero-order valence-corrected chi connectivity index (χ0v) is 9.08. The maximum Gasteiger partial charge on any atom is 0.320 e. The number of carboxylic acids is 1. The van der Waals surface area contributed by atoms with Crippen LogP contribution in [-0.2, 0) is 9.53 Å². The number of unbranched alkanes of at least 4 members (excludes halogenated alkanes) is 1. The van der Waals surface area contributed by atoms with E-state index < -0.39 is 5.97 Å². The summed E-state index contributed by atoms with van der Waals surface area (Å²) in [4.78, 5) is 10.7. The van der Waals surface area contributed by atoms with Crippen molar-refractivity contribution in [1.29, 1.82) is 0 Å². The van der Waals surface area contributed by atoms with Crippen LogP contribution in [0.15, 0.2) is 0 Å². The van der Waals surface area contributed by atoms with Crippen LogP contribution in [0.4, 0.5) is 0 Å². The number of hydrogen-bond acceptors (Lipinski definition) is 3. The summed E-state index contributed by atoms with van der Waals surface area (Å²) in [5.74, 6) is -0.751. The quantitative estimate of drug-likeness (QED) is 0.554. The lowest BCUT2D eigenvalue weighted by Gasteiger charge is -2.12. The fraction of sp³-hybridized carbons (Fsp3) is 0.900. The molecule has 2 N–H and O–H groups in total. The van der Waals surface area contributed by atoms with Crippen LogP contribution in [-0.4, -0.2) is 37.4 Å². The lowest BCUT2D eigenvalue weighted by atomic mass is 10.1. The third-order valence-corrected chi connectivity index (χ3v) is 2.04. The third-order valence-electron chi connectivity index (χ3n) is 2.04. The first-order valence-corrected chi connectivity index (χ1v) is 5.17. The highest BCUT2D eigenvalue weighted by Crippen LogP contribution is 1.97. The summed E-state index contributed by atoms with van der Waals surface area (Å²) < 4.78 is 4.90. The van der Waals surface area contributed by atoms with E-state index >= 15 is 0 Å². The van der Waals surface area contributed by atoms with E-state index in [1.807, 2.05) is 6.92 Å². The molecule has 4 heteroatoms. The molecular formula is C10H21NO3. The number of aliphatic carboxylic acids is 1. The number of methoxy groups -OCH3 is 1. The van der Waals surface area contributed by atoms with Gasteiger partial charge in [0.15, 0.2) is 0 Å². The second-order valence-electron chi connectivity index (χ2n) is 3.33. The van der Waals surface area contributed by atoms with Gasteiger partial charge in [0.1, 0.15) is 6.04 Å². The molecule has 0 rings (SSSR count). The fourth-order valence-electron chi connectivity index (χ4n) is 1.25. The molecule has 14 heavy (non-hydrogen) atoms. The van der Waals surface area contributed by atoms with Gasteiger partial charge in [-0.2, -0.15) is 0 Å². The van der Waals surface area contributed by atoms with Crippen LogP contribution in [0.3, 0.4) is 0 Å². The highest BCUT2D eigenvalue weighted by molar-refractivity contribution is 5.73. The van der Waals surface area contributed by atoms with E-state index in [0.29, 0.717) is 6.42 Å². The lowest BCUT2D eigenvalue weighted by Crippen LogP contribution is -2.37. The van der Waals surface area contributed by atoms with Gasteiger partial charge in [0.2, 0.25) is 0 Å². The average Bonchev–Trinajstić information content (AvgIpc) is 2.15. The number of carboxylic acid groups (broad SMARTS) is 1. The molecule has 84 valence electrons. The van der Waals surface area contributed by atoms with E-state index in [-0.39, 0.29) is 6.04 Å². The van der Waals surface area contributed by atoms with Crippen LogP contribution in [0.1, 0.15) is 32.6 Å². The molecule has 0 spiro atoms. The molecule has 1 atom stereocenters. The third kappa shape index (κ3) is 6.86. The maximum absolute atomic E-state index is 10.7. The van der Waals surface area contributed by atoms with Crippen molar-refractivity contribution in [3.63, 3.8) is 0 Å². The second-order valence-corrected chi connectivity index (χ2v) is 3.33.